The Labute approximate surface area is 205 Å². The van der Waals surface area contributed by atoms with Gasteiger partial charge in [0.25, 0.3) is 5.91 Å². The van der Waals surface area contributed by atoms with E-state index in [9.17, 15) is 22.8 Å². The molecule has 0 aliphatic carbocycles. The molecule has 1 aromatic heterocycles. The van der Waals surface area contributed by atoms with Gasteiger partial charge in [-0.15, -0.1) is 0 Å². The van der Waals surface area contributed by atoms with Gasteiger partial charge in [-0.2, -0.15) is 18.3 Å². The first-order chi connectivity index (χ1) is 16.4. The maximum Gasteiger partial charge on any atom is 0.416 e. The SMILES string of the molecule is CC1(C)CNCCN1C(=O)c1cc2n(n1)CCCN(C(=O)OCc1cc(Cl)cc(C(F)(F)F)c1)C2. The predicted molar refractivity (Wildman–Crippen MR) is 122 cm³/mol. The third-order valence-electron chi connectivity index (χ3n) is 6.18. The fourth-order valence-corrected chi connectivity index (χ4v) is 4.61. The molecule has 8 nitrogen and oxygen atoms in total. The lowest BCUT2D eigenvalue weighted by molar-refractivity contribution is -0.137. The number of piperazine rings is 1. The molecular weight excluding hydrogens is 487 g/mol. The average molecular weight is 514 g/mol. The number of aromatic nitrogens is 2. The highest BCUT2D eigenvalue weighted by Crippen LogP contribution is 2.32. The Morgan fingerprint density at radius 2 is 1.94 bits per heavy atom. The van der Waals surface area contributed by atoms with Gasteiger partial charge in [-0.25, -0.2) is 4.79 Å². The molecule has 2 aliphatic heterocycles. The van der Waals surface area contributed by atoms with Crippen LogP contribution < -0.4 is 5.32 Å². The van der Waals surface area contributed by atoms with E-state index in [2.05, 4.69) is 10.4 Å². The van der Waals surface area contributed by atoms with Crippen molar-refractivity contribution in [3.05, 3.63) is 51.8 Å². The number of hydrogen-bond donors (Lipinski definition) is 1. The van der Waals surface area contributed by atoms with Crippen LogP contribution in [0.2, 0.25) is 5.02 Å². The second-order valence-electron chi connectivity index (χ2n) is 9.37. The number of halogens is 4. The summed E-state index contributed by atoms with van der Waals surface area (Å²) in [5, 5.41) is 7.68. The Kier molecular flexibility index (Phi) is 7.01. The molecule has 0 unspecified atom stereocenters. The van der Waals surface area contributed by atoms with Crippen LogP contribution in [0.3, 0.4) is 0 Å². The summed E-state index contributed by atoms with van der Waals surface area (Å²) in [6, 6.07) is 4.76. The van der Waals surface area contributed by atoms with E-state index in [-0.39, 0.29) is 35.2 Å². The van der Waals surface area contributed by atoms with E-state index in [1.165, 1.54) is 11.0 Å². The van der Waals surface area contributed by atoms with E-state index in [0.717, 1.165) is 12.1 Å². The number of ether oxygens (including phenoxy) is 1. The number of carbonyl (C=O) groups excluding carboxylic acids is 2. The number of aryl methyl sites for hydroxylation is 1. The first-order valence-electron chi connectivity index (χ1n) is 11.3. The zero-order chi connectivity index (χ0) is 25.4. The number of benzene rings is 1. The molecule has 0 spiro atoms. The fraction of sp³-hybridized carbons (Fsp3) is 0.522. The van der Waals surface area contributed by atoms with E-state index < -0.39 is 17.8 Å². The van der Waals surface area contributed by atoms with Crippen LogP contribution in [0.15, 0.2) is 24.3 Å². The van der Waals surface area contributed by atoms with Crippen LogP contribution in [0.5, 0.6) is 0 Å². The van der Waals surface area contributed by atoms with E-state index in [1.54, 1.807) is 15.6 Å². The van der Waals surface area contributed by atoms with Crippen molar-refractivity contribution in [1.29, 1.82) is 0 Å². The quantitative estimate of drug-likeness (QED) is 0.673. The molecule has 0 saturated carbocycles. The summed E-state index contributed by atoms with van der Waals surface area (Å²) in [6.45, 7) is 6.70. The summed E-state index contributed by atoms with van der Waals surface area (Å²) in [5.41, 5.74) is -0.0933. The Morgan fingerprint density at radius 1 is 1.17 bits per heavy atom. The molecule has 35 heavy (non-hydrogen) atoms. The Hall–Kier alpha value is -2.79. The van der Waals surface area contributed by atoms with Gasteiger partial charge in [0, 0.05) is 37.7 Å². The van der Waals surface area contributed by atoms with Gasteiger partial charge in [0.1, 0.15) is 6.61 Å². The molecule has 0 bridgehead atoms. The minimum absolute atomic E-state index is 0.0885. The molecule has 0 radical (unpaired) electrons. The van der Waals surface area contributed by atoms with Crippen molar-refractivity contribution in [2.24, 2.45) is 0 Å². The second kappa shape index (κ2) is 9.69. The van der Waals surface area contributed by atoms with Gasteiger partial charge in [-0.1, -0.05) is 11.6 Å². The maximum atomic E-state index is 13.1. The van der Waals surface area contributed by atoms with Gasteiger partial charge in [-0.05, 0) is 50.1 Å². The molecule has 1 aromatic carbocycles. The predicted octanol–water partition coefficient (Wildman–Crippen LogP) is 3.92. The summed E-state index contributed by atoms with van der Waals surface area (Å²) in [5.74, 6) is -0.160. The molecule has 190 valence electrons. The highest BCUT2D eigenvalue weighted by atomic mass is 35.5. The number of rotatable bonds is 3. The number of carbonyl (C=O) groups is 2. The molecule has 4 rings (SSSR count). The molecule has 2 amide bonds. The van der Waals surface area contributed by atoms with Crippen molar-refractivity contribution < 1.29 is 27.5 Å². The van der Waals surface area contributed by atoms with Crippen molar-refractivity contribution in [1.82, 2.24) is 24.9 Å². The van der Waals surface area contributed by atoms with Gasteiger partial charge in [0.05, 0.1) is 23.3 Å². The molecule has 3 heterocycles. The number of amides is 2. The van der Waals surface area contributed by atoms with Crippen molar-refractivity contribution in [3.8, 4) is 0 Å². The van der Waals surface area contributed by atoms with Crippen molar-refractivity contribution in [3.63, 3.8) is 0 Å². The Bertz CT molecular complexity index is 1120. The summed E-state index contributed by atoms with van der Waals surface area (Å²) in [7, 11) is 0. The third kappa shape index (κ3) is 5.72. The monoisotopic (exact) mass is 513 g/mol. The van der Waals surface area contributed by atoms with Crippen LogP contribution >= 0.6 is 11.6 Å². The van der Waals surface area contributed by atoms with Crippen LogP contribution in [0.25, 0.3) is 0 Å². The fourth-order valence-electron chi connectivity index (χ4n) is 4.35. The minimum atomic E-state index is -4.55. The number of nitrogens with zero attached hydrogens (tertiary/aromatic N) is 4. The maximum absolute atomic E-state index is 13.1. The molecule has 1 saturated heterocycles. The number of fused-ring (bicyclic) bond motifs is 1. The molecule has 2 aliphatic rings. The summed E-state index contributed by atoms with van der Waals surface area (Å²) >= 11 is 5.80. The molecule has 0 atom stereocenters. The molecule has 1 fully saturated rings. The smallest absolute Gasteiger partial charge is 0.416 e. The van der Waals surface area contributed by atoms with Gasteiger partial charge in [0.2, 0.25) is 0 Å². The van der Waals surface area contributed by atoms with Crippen molar-refractivity contribution >= 4 is 23.6 Å². The number of nitrogens with one attached hydrogen (secondary N) is 1. The summed E-state index contributed by atoms with van der Waals surface area (Å²) in [4.78, 5) is 29.1. The second-order valence-corrected chi connectivity index (χ2v) is 9.80. The van der Waals surface area contributed by atoms with Gasteiger partial charge < -0.3 is 19.9 Å². The topological polar surface area (TPSA) is 79.7 Å². The number of hydrogen-bond acceptors (Lipinski definition) is 5. The molecule has 12 heteroatoms. The van der Waals surface area contributed by atoms with Crippen LogP contribution in [0, 0.1) is 0 Å². The van der Waals surface area contributed by atoms with Gasteiger partial charge in [0.15, 0.2) is 5.69 Å². The zero-order valence-electron chi connectivity index (χ0n) is 19.5. The van der Waals surface area contributed by atoms with Crippen LogP contribution in [-0.4, -0.2) is 63.3 Å². The molecular formula is C23H27ClF3N5O3. The summed E-state index contributed by atoms with van der Waals surface area (Å²) in [6.07, 6.45) is -4.63. The normalized spacial score (nSPS) is 18.1. The first kappa shape index (κ1) is 25.3. The highest BCUT2D eigenvalue weighted by molar-refractivity contribution is 6.30. The van der Waals surface area contributed by atoms with Crippen molar-refractivity contribution in [2.75, 3.05) is 26.2 Å². The molecule has 2 aromatic rings. The minimum Gasteiger partial charge on any atom is -0.445 e. The lowest BCUT2D eigenvalue weighted by atomic mass is 9.99. The first-order valence-corrected chi connectivity index (χ1v) is 11.7. The summed E-state index contributed by atoms with van der Waals surface area (Å²) < 4.78 is 46.1. The van der Waals surface area contributed by atoms with Crippen LogP contribution in [-0.2, 0) is 30.6 Å². The lowest BCUT2D eigenvalue weighted by Crippen LogP contribution is -2.59. The van der Waals surface area contributed by atoms with Crippen LogP contribution in [0.1, 0.15) is 47.6 Å². The Morgan fingerprint density at radius 3 is 2.66 bits per heavy atom. The lowest BCUT2D eigenvalue weighted by Gasteiger charge is -2.42. The van der Waals surface area contributed by atoms with Gasteiger partial charge >= 0.3 is 12.3 Å². The van der Waals surface area contributed by atoms with E-state index in [1.807, 2.05) is 13.8 Å². The zero-order valence-corrected chi connectivity index (χ0v) is 20.2. The van der Waals surface area contributed by atoms with E-state index in [4.69, 9.17) is 16.3 Å². The van der Waals surface area contributed by atoms with Crippen LogP contribution in [0.4, 0.5) is 18.0 Å². The highest BCUT2D eigenvalue weighted by Gasteiger charge is 2.35. The number of alkyl halides is 3. The third-order valence-corrected chi connectivity index (χ3v) is 6.40. The average Bonchev–Trinajstić information content (AvgIpc) is 3.07. The Balaban J connectivity index is 1.43. The standard InChI is InChI=1S/C23H27ClF3N5O3/c1-22(2)14-28-4-7-31(22)20(33)19-11-18-12-30(5-3-6-32(18)29-19)21(34)35-13-15-8-16(23(25,26)27)10-17(24)9-15/h8-11,28H,3-7,12-14H2,1-2H3. The van der Waals surface area contributed by atoms with E-state index >= 15 is 0 Å². The van der Waals surface area contributed by atoms with E-state index in [0.29, 0.717) is 50.5 Å². The van der Waals surface area contributed by atoms with Gasteiger partial charge in [-0.3, -0.25) is 9.48 Å². The molecule has 1 N–H and O–H groups in total. The van der Waals surface area contributed by atoms with Crippen molar-refractivity contribution in [2.45, 2.75) is 51.7 Å². The largest absolute Gasteiger partial charge is 0.445 e.